The molecule has 0 spiro atoms. The second kappa shape index (κ2) is 9.39. The minimum atomic E-state index is -1.36. The molecule has 19 heavy (non-hydrogen) atoms. The summed E-state index contributed by atoms with van der Waals surface area (Å²) in [5.41, 5.74) is 2.49. The van der Waals surface area contributed by atoms with Gasteiger partial charge in [0.2, 0.25) is 0 Å². The summed E-state index contributed by atoms with van der Waals surface area (Å²) in [5, 5.41) is 1.39. The molecule has 1 radical (unpaired) electrons. The fraction of sp³-hybridized carbons (Fsp3) is 0.308. The van der Waals surface area contributed by atoms with Gasteiger partial charge in [-0.2, -0.15) is 5.57 Å². The summed E-state index contributed by atoms with van der Waals surface area (Å²) in [6.45, 7) is 3.21. The molecular formula is C13H15BrCl2CrNSi. The number of hydrogen-bond donors (Lipinski definition) is 0. The standard InChI is InChI=1S/C13H15BrNSi.2ClH.Cr/c1-16(2,14)13-7-6-11(10-13)9-12-5-3-4-8-15-12;;;/h3-5,7-8H,6,9H2,1-2H3;2*1H;/q-1;;;+3/p-2. The van der Waals surface area contributed by atoms with E-state index in [0.29, 0.717) is 0 Å². The van der Waals surface area contributed by atoms with Crippen molar-refractivity contribution in [2.24, 2.45) is 0 Å². The zero-order valence-electron chi connectivity index (χ0n) is 10.8. The van der Waals surface area contributed by atoms with Gasteiger partial charge in [0.25, 0.3) is 0 Å². The second-order valence-corrected chi connectivity index (χ2v) is 14.0. The first-order chi connectivity index (χ1) is 7.55. The number of hydrogen-bond acceptors (Lipinski definition) is 1. The zero-order chi connectivity index (χ0) is 11.6. The van der Waals surface area contributed by atoms with Gasteiger partial charge in [0, 0.05) is 11.9 Å². The maximum absolute atomic E-state index is 4.35. The van der Waals surface area contributed by atoms with Crippen molar-refractivity contribution < 1.29 is 42.2 Å². The first-order valence-corrected chi connectivity index (χ1v) is 10.7. The molecule has 1 nitrogen and oxygen atoms in total. The van der Waals surface area contributed by atoms with E-state index < -0.39 is 6.69 Å². The second-order valence-electron chi connectivity index (χ2n) is 4.52. The molecular weight excluding hydrogens is 401 g/mol. The van der Waals surface area contributed by atoms with E-state index in [2.05, 4.69) is 51.6 Å². The summed E-state index contributed by atoms with van der Waals surface area (Å²) in [4.78, 5) is 4.35. The van der Waals surface area contributed by atoms with E-state index in [1.165, 1.54) is 10.8 Å². The Labute approximate surface area is 147 Å². The van der Waals surface area contributed by atoms with Crippen LogP contribution in [0.4, 0.5) is 0 Å². The molecule has 2 rings (SSSR count). The van der Waals surface area contributed by atoms with Crippen LogP contribution >= 0.6 is 15.3 Å². The van der Waals surface area contributed by atoms with Crippen molar-refractivity contribution in [3.63, 3.8) is 0 Å². The van der Waals surface area contributed by atoms with Crippen LogP contribution in [-0.4, -0.2) is 11.7 Å². The predicted octanol–water partition coefficient (Wildman–Crippen LogP) is -2.17. The molecule has 1 aromatic rings. The number of allylic oxidation sites excluding steroid dienone is 4. The van der Waals surface area contributed by atoms with Crippen LogP contribution in [0.1, 0.15) is 12.1 Å². The van der Waals surface area contributed by atoms with E-state index in [9.17, 15) is 0 Å². The van der Waals surface area contributed by atoms with Gasteiger partial charge in [0.15, 0.2) is 0 Å². The maximum atomic E-state index is 4.35. The van der Waals surface area contributed by atoms with Crippen molar-refractivity contribution in [2.75, 3.05) is 0 Å². The maximum Gasteiger partial charge on any atom is 3.00 e. The molecule has 1 heterocycles. The third kappa shape index (κ3) is 6.62. The summed E-state index contributed by atoms with van der Waals surface area (Å²) in [7, 11) is 0. The molecule has 0 bridgehead atoms. The quantitative estimate of drug-likeness (QED) is 0.311. The number of nitrogens with zero attached hydrogens (tertiary/aromatic N) is 1. The Hall–Kier alpha value is 0.439. The fourth-order valence-electron chi connectivity index (χ4n) is 1.75. The Kier molecular flexibility index (Phi) is 10.7. The first-order valence-electron chi connectivity index (χ1n) is 5.47. The monoisotopic (exact) mass is 414 g/mol. The van der Waals surface area contributed by atoms with Crippen LogP contribution in [0.5, 0.6) is 0 Å². The Balaban J connectivity index is 0. The summed E-state index contributed by atoms with van der Waals surface area (Å²) >= 11 is 3.80. The molecule has 0 amide bonds. The summed E-state index contributed by atoms with van der Waals surface area (Å²) in [5.74, 6) is 0. The number of halogens is 3. The Morgan fingerprint density at radius 1 is 1.32 bits per heavy atom. The first kappa shape index (κ1) is 21.7. The largest absolute Gasteiger partial charge is 3.00 e. The van der Waals surface area contributed by atoms with Crippen LogP contribution in [0.15, 0.2) is 41.2 Å². The molecule has 0 atom stereocenters. The van der Waals surface area contributed by atoms with Gasteiger partial charge in [-0.1, -0.05) is 25.6 Å². The van der Waals surface area contributed by atoms with Gasteiger partial charge < -0.3 is 24.8 Å². The smallest absolute Gasteiger partial charge is 1.00 e. The van der Waals surface area contributed by atoms with Gasteiger partial charge in [0.1, 0.15) is 6.69 Å². The van der Waals surface area contributed by atoms with Crippen LogP contribution in [0.3, 0.4) is 0 Å². The van der Waals surface area contributed by atoms with Crippen LogP contribution < -0.4 is 24.8 Å². The Morgan fingerprint density at radius 2 is 2.00 bits per heavy atom. The minimum Gasteiger partial charge on any atom is -1.00 e. The molecule has 1 aliphatic rings. The van der Waals surface area contributed by atoms with Gasteiger partial charge in [-0.3, -0.25) is 11.1 Å². The average Bonchev–Trinajstić information content (AvgIpc) is 2.67. The molecule has 6 heteroatoms. The summed E-state index contributed by atoms with van der Waals surface area (Å²) in [6.07, 6.45) is 9.65. The van der Waals surface area contributed by atoms with Crippen molar-refractivity contribution in [1.29, 1.82) is 0 Å². The van der Waals surface area contributed by atoms with E-state index in [4.69, 9.17) is 0 Å². The van der Waals surface area contributed by atoms with Gasteiger partial charge in [-0.05, 0) is 18.6 Å². The Morgan fingerprint density at radius 3 is 2.47 bits per heavy atom. The van der Waals surface area contributed by atoms with Crippen LogP contribution in [0.2, 0.25) is 13.1 Å². The third-order valence-corrected chi connectivity index (χ3v) is 5.52. The van der Waals surface area contributed by atoms with Crippen molar-refractivity contribution in [3.8, 4) is 0 Å². The van der Waals surface area contributed by atoms with Crippen molar-refractivity contribution in [3.05, 3.63) is 53.0 Å². The summed E-state index contributed by atoms with van der Waals surface area (Å²) in [6, 6.07) is 6.06. The van der Waals surface area contributed by atoms with Gasteiger partial charge in [-0.15, -0.1) is 15.3 Å². The molecule has 0 saturated heterocycles. The molecule has 103 valence electrons. The van der Waals surface area contributed by atoms with Crippen LogP contribution in [-0.2, 0) is 23.8 Å². The third-order valence-electron chi connectivity index (χ3n) is 2.63. The molecule has 0 aliphatic heterocycles. The zero-order valence-corrected chi connectivity index (χ0v) is 16.2. The van der Waals surface area contributed by atoms with Crippen molar-refractivity contribution >= 4 is 22.0 Å². The van der Waals surface area contributed by atoms with E-state index in [1.807, 2.05) is 18.3 Å². The van der Waals surface area contributed by atoms with E-state index >= 15 is 0 Å². The Bertz CT molecular complexity index is 444. The molecule has 0 N–H and O–H groups in total. The molecule has 0 saturated carbocycles. The topological polar surface area (TPSA) is 12.9 Å². The van der Waals surface area contributed by atoms with Gasteiger partial charge in [-0.25, -0.2) is 11.3 Å². The van der Waals surface area contributed by atoms with Gasteiger partial charge >= 0.3 is 17.4 Å². The predicted molar refractivity (Wildman–Crippen MR) is 73.8 cm³/mol. The number of pyridine rings is 1. The molecule has 1 aromatic heterocycles. The van der Waals surface area contributed by atoms with Crippen molar-refractivity contribution in [2.45, 2.75) is 25.9 Å². The summed E-state index contributed by atoms with van der Waals surface area (Å²) < 4.78 is 0. The van der Waals surface area contributed by atoms with Gasteiger partial charge in [0.05, 0.1) is 0 Å². The van der Waals surface area contributed by atoms with E-state index in [1.54, 1.807) is 0 Å². The van der Waals surface area contributed by atoms with Crippen molar-refractivity contribution in [1.82, 2.24) is 4.98 Å². The minimum absolute atomic E-state index is 0. The average molecular weight is 416 g/mol. The van der Waals surface area contributed by atoms with Crippen LogP contribution in [0.25, 0.3) is 0 Å². The molecule has 0 fully saturated rings. The molecule has 0 aromatic carbocycles. The number of aromatic nitrogens is 1. The van der Waals surface area contributed by atoms with E-state index in [-0.39, 0.29) is 42.2 Å². The van der Waals surface area contributed by atoms with Crippen LogP contribution in [0, 0.1) is 6.08 Å². The molecule has 0 unspecified atom stereocenters. The number of rotatable bonds is 3. The SMILES string of the molecule is C[Si](C)(Br)C1=CCC(Cc2ccccn2)=[C-]1.[Cl-].[Cl-].[Cr+3]. The van der Waals surface area contributed by atoms with E-state index in [0.717, 1.165) is 18.5 Å². The normalized spacial score (nSPS) is 13.4. The fourth-order valence-corrected chi connectivity index (χ4v) is 3.59. The molecule has 1 aliphatic carbocycles.